The van der Waals surface area contributed by atoms with Gasteiger partial charge in [-0.3, -0.25) is 0 Å². The molecule has 0 amide bonds. The SMILES string of the molecule is C=CCCC(CC)CCB1CCC(CCC=C)CC1. The molecule has 1 atom stereocenters. The van der Waals surface area contributed by atoms with Gasteiger partial charge in [0.2, 0.25) is 0 Å². The second kappa shape index (κ2) is 10.3. The van der Waals surface area contributed by atoms with Crippen LogP contribution >= 0.6 is 0 Å². The van der Waals surface area contributed by atoms with Crippen LogP contribution in [0.25, 0.3) is 0 Å². The largest absolute Gasteiger partial charge is 0.139 e. The van der Waals surface area contributed by atoms with Crippen molar-refractivity contribution >= 4 is 6.71 Å². The zero-order valence-electron chi connectivity index (χ0n) is 13.1. The molecule has 0 spiro atoms. The lowest BCUT2D eigenvalue weighted by Gasteiger charge is -2.27. The summed E-state index contributed by atoms with van der Waals surface area (Å²) in [6.45, 7) is 11.1. The minimum Gasteiger partial charge on any atom is -0.103 e. The Morgan fingerprint density at radius 1 is 1.11 bits per heavy atom. The summed E-state index contributed by atoms with van der Waals surface area (Å²) in [5.41, 5.74) is 0. The standard InChI is InChI=1S/C18H33B/c1-4-7-9-17(6-3)11-14-19-15-12-18(13-16-19)10-8-5-2/h4-5,17-18H,1-2,6-16H2,3H3. The average Bonchev–Trinajstić information content (AvgIpc) is 2.46. The second-order valence-corrected chi connectivity index (χ2v) is 6.47. The normalized spacial score (nSPS) is 18.3. The molecule has 1 saturated heterocycles. The van der Waals surface area contributed by atoms with Gasteiger partial charge in [-0.15, -0.1) is 13.2 Å². The van der Waals surface area contributed by atoms with Gasteiger partial charge in [0, 0.05) is 0 Å². The first-order chi connectivity index (χ1) is 9.30. The van der Waals surface area contributed by atoms with Crippen molar-refractivity contribution in [3.63, 3.8) is 0 Å². The Bertz CT molecular complexity index is 238. The summed E-state index contributed by atoms with van der Waals surface area (Å²) in [5, 5.41) is 0. The minimum atomic E-state index is 0.941. The molecule has 0 aromatic carbocycles. The van der Waals surface area contributed by atoms with Crippen molar-refractivity contribution in [2.75, 3.05) is 0 Å². The van der Waals surface area contributed by atoms with Gasteiger partial charge < -0.3 is 0 Å². The summed E-state index contributed by atoms with van der Waals surface area (Å²) in [6.07, 6.45) is 19.5. The third-order valence-electron chi connectivity index (χ3n) is 5.08. The maximum atomic E-state index is 3.84. The molecule has 0 bridgehead atoms. The van der Waals surface area contributed by atoms with Crippen molar-refractivity contribution < 1.29 is 0 Å². The van der Waals surface area contributed by atoms with Crippen molar-refractivity contribution in [3.05, 3.63) is 25.3 Å². The van der Waals surface area contributed by atoms with E-state index in [0.29, 0.717) is 0 Å². The van der Waals surface area contributed by atoms with Crippen LogP contribution in [0.2, 0.25) is 19.0 Å². The Kier molecular flexibility index (Phi) is 9.04. The Morgan fingerprint density at radius 3 is 2.37 bits per heavy atom. The number of rotatable bonds is 10. The molecular weight excluding hydrogens is 227 g/mol. The Hall–Kier alpha value is -0.455. The average molecular weight is 260 g/mol. The molecular formula is C18H33B. The molecule has 1 aliphatic heterocycles. The maximum absolute atomic E-state index is 3.84. The predicted molar refractivity (Wildman–Crippen MR) is 90.2 cm³/mol. The first-order valence-electron chi connectivity index (χ1n) is 8.51. The van der Waals surface area contributed by atoms with E-state index in [-0.39, 0.29) is 0 Å². The number of allylic oxidation sites excluding steroid dienone is 2. The van der Waals surface area contributed by atoms with Gasteiger partial charge in [0.1, 0.15) is 6.71 Å². The highest BCUT2D eigenvalue weighted by molar-refractivity contribution is 6.58. The summed E-state index contributed by atoms with van der Waals surface area (Å²) in [4.78, 5) is 0. The van der Waals surface area contributed by atoms with Crippen LogP contribution in [0.5, 0.6) is 0 Å². The van der Waals surface area contributed by atoms with E-state index in [9.17, 15) is 0 Å². The summed E-state index contributed by atoms with van der Waals surface area (Å²) < 4.78 is 0. The van der Waals surface area contributed by atoms with E-state index in [1.807, 2.05) is 0 Å². The fourth-order valence-electron chi connectivity index (χ4n) is 3.54. The highest BCUT2D eigenvalue weighted by Gasteiger charge is 2.23. The van der Waals surface area contributed by atoms with E-state index in [2.05, 4.69) is 32.2 Å². The Balaban J connectivity index is 2.14. The third-order valence-corrected chi connectivity index (χ3v) is 5.08. The zero-order chi connectivity index (χ0) is 13.9. The predicted octanol–water partition coefficient (Wildman–Crippen LogP) is 6.24. The molecule has 0 radical (unpaired) electrons. The second-order valence-electron chi connectivity index (χ2n) is 6.47. The molecule has 1 rings (SSSR count). The number of hydrogen-bond donors (Lipinski definition) is 0. The molecule has 1 fully saturated rings. The molecule has 1 aliphatic rings. The molecule has 0 saturated carbocycles. The summed E-state index contributed by atoms with van der Waals surface area (Å²) >= 11 is 0. The van der Waals surface area contributed by atoms with Crippen LogP contribution in [0.4, 0.5) is 0 Å². The smallest absolute Gasteiger partial charge is 0.103 e. The van der Waals surface area contributed by atoms with Crippen molar-refractivity contribution in [3.8, 4) is 0 Å². The lowest BCUT2D eigenvalue weighted by Crippen LogP contribution is -2.22. The molecule has 0 aliphatic carbocycles. The summed E-state index contributed by atoms with van der Waals surface area (Å²) in [7, 11) is 0. The van der Waals surface area contributed by atoms with Crippen LogP contribution < -0.4 is 0 Å². The molecule has 0 nitrogen and oxygen atoms in total. The van der Waals surface area contributed by atoms with Crippen molar-refractivity contribution in [2.45, 2.75) is 77.3 Å². The molecule has 1 unspecified atom stereocenters. The van der Waals surface area contributed by atoms with E-state index >= 15 is 0 Å². The van der Waals surface area contributed by atoms with E-state index < -0.39 is 0 Å². The molecule has 1 heterocycles. The van der Waals surface area contributed by atoms with Gasteiger partial charge in [0.15, 0.2) is 0 Å². The Labute approximate surface area is 121 Å². The van der Waals surface area contributed by atoms with Gasteiger partial charge in [-0.1, -0.05) is 63.7 Å². The van der Waals surface area contributed by atoms with Gasteiger partial charge in [0.25, 0.3) is 0 Å². The summed E-state index contributed by atoms with van der Waals surface area (Å²) in [5.74, 6) is 1.94. The molecule has 1 heteroatoms. The van der Waals surface area contributed by atoms with Crippen molar-refractivity contribution in [2.24, 2.45) is 11.8 Å². The minimum absolute atomic E-state index is 0.941. The van der Waals surface area contributed by atoms with E-state index in [4.69, 9.17) is 0 Å². The maximum Gasteiger partial charge on any atom is 0.139 e. The molecule has 0 N–H and O–H groups in total. The van der Waals surface area contributed by atoms with Crippen LogP contribution in [0, 0.1) is 11.8 Å². The van der Waals surface area contributed by atoms with Gasteiger partial charge >= 0.3 is 0 Å². The van der Waals surface area contributed by atoms with Gasteiger partial charge in [-0.05, 0) is 37.5 Å². The lowest BCUT2D eigenvalue weighted by atomic mass is 9.38. The molecule has 0 aromatic heterocycles. The first-order valence-corrected chi connectivity index (χ1v) is 8.51. The van der Waals surface area contributed by atoms with Crippen LogP contribution in [-0.4, -0.2) is 6.71 Å². The van der Waals surface area contributed by atoms with Crippen LogP contribution in [0.1, 0.15) is 58.3 Å². The van der Waals surface area contributed by atoms with Gasteiger partial charge in [-0.2, -0.15) is 0 Å². The molecule has 19 heavy (non-hydrogen) atoms. The quantitative estimate of drug-likeness (QED) is 0.322. The highest BCUT2D eigenvalue weighted by Crippen LogP contribution is 2.32. The fourth-order valence-corrected chi connectivity index (χ4v) is 3.54. The van der Waals surface area contributed by atoms with E-state index in [1.54, 1.807) is 0 Å². The number of hydrogen-bond acceptors (Lipinski definition) is 0. The molecule has 108 valence electrons. The zero-order valence-corrected chi connectivity index (χ0v) is 13.1. The monoisotopic (exact) mass is 260 g/mol. The van der Waals surface area contributed by atoms with Crippen LogP contribution in [-0.2, 0) is 0 Å². The molecule has 0 aromatic rings. The van der Waals surface area contributed by atoms with Gasteiger partial charge in [0.05, 0.1) is 0 Å². The highest BCUT2D eigenvalue weighted by atomic mass is 14.2. The van der Waals surface area contributed by atoms with Crippen LogP contribution in [0.15, 0.2) is 25.3 Å². The van der Waals surface area contributed by atoms with Crippen molar-refractivity contribution in [1.82, 2.24) is 0 Å². The Morgan fingerprint density at radius 2 is 1.79 bits per heavy atom. The van der Waals surface area contributed by atoms with Crippen LogP contribution in [0.3, 0.4) is 0 Å². The van der Waals surface area contributed by atoms with E-state index in [1.165, 1.54) is 70.3 Å². The lowest BCUT2D eigenvalue weighted by molar-refractivity contribution is 0.432. The van der Waals surface area contributed by atoms with Crippen molar-refractivity contribution in [1.29, 1.82) is 0 Å². The van der Waals surface area contributed by atoms with E-state index in [0.717, 1.165) is 18.5 Å². The fraction of sp³-hybridized carbons (Fsp3) is 0.778. The topological polar surface area (TPSA) is 0 Å². The third kappa shape index (κ3) is 7.04. The summed E-state index contributed by atoms with van der Waals surface area (Å²) in [6, 6.07) is 0. The van der Waals surface area contributed by atoms with Gasteiger partial charge in [-0.25, -0.2) is 0 Å². The first kappa shape index (κ1) is 16.6.